The summed E-state index contributed by atoms with van der Waals surface area (Å²) in [6.45, 7) is 2.01. The van der Waals surface area contributed by atoms with Gasteiger partial charge in [0.2, 0.25) is 0 Å². The summed E-state index contributed by atoms with van der Waals surface area (Å²) in [4.78, 5) is 0. The maximum absolute atomic E-state index is 6.25. The molecule has 2 rings (SSSR count). The first kappa shape index (κ1) is 13.4. The van der Waals surface area contributed by atoms with Crippen molar-refractivity contribution in [2.45, 2.75) is 13.0 Å². The van der Waals surface area contributed by atoms with Gasteiger partial charge in [0.25, 0.3) is 0 Å². The molecule has 94 valence electrons. The molecule has 3 heteroatoms. The van der Waals surface area contributed by atoms with Crippen molar-refractivity contribution in [2.75, 3.05) is 7.05 Å². The van der Waals surface area contributed by atoms with Crippen LogP contribution in [-0.4, -0.2) is 7.05 Å². The molecule has 0 bridgehead atoms. The summed E-state index contributed by atoms with van der Waals surface area (Å²) in [5.41, 5.74) is 3.30. The Morgan fingerprint density at radius 2 is 1.72 bits per heavy atom. The van der Waals surface area contributed by atoms with Gasteiger partial charge < -0.3 is 5.32 Å². The zero-order valence-corrected chi connectivity index (χ0v) is 11.9. The van der Waals surface area contributed by atoms with Crippen molar-refractivity contribution in [1.82, 2.24) is 5.32 Å². The Labute approximate surface area is 118 Å². The van der Waals surface area contributed by atoms with Crippen molar-refractivity contribution >= 4 is 23.2 Å². The van der Waals surface area contributed by atoms with Gasteiger partial charge >= 0.3 is 0 Å². The third-order valence-corrected chi connectivity index (χ3v) is 3.79. The lowest BCUT2D eigenvalue weighted by molar-refractivity contribution is 0.691. The summed E-state index contributed by atoms with van der Waals surface area (Å²) < 4.78 is 0. The fraction of sp³-hybridized carbons (Fsp3) is 0.200. The second-order valence-corrected chi connectivity index (χ2v) is 5.07. The van der Waals surface area contributed by atoms with Crippen molar-refractivity contribution in [3.05, 3.63) is 69.2 Å². The molecule has 0 aliphatic carbocycles. The van der Waals surface area contributed by atoms with Gasteiger partial charge in [-0.2, -0.15) is 0 Å². The monoisotopic (exact) mass is 279 g/mol. The van der Waals surface area contributed by atoms with Gasteiger partial charge in [-0.1, -0.05) is 53.5 Å². The van der Waals surface area contributed by atoms with E-state index in [1.807, 2.05) is 50.4 Å². The molecule has 1 unspecified atom stereocenters. The van der Waals surface area contributed by atoms with Crippen molar-refractivity contribution in [1.29, 1.82) is 0 Å². The molecule has 0 radical (unpaired) electrons. The molecule has 2 aromatic carbocycles. The molecule has 0 amide bonds. The van der Waals surface area contributed by atoms with E-state index in [9.17, 15) is 0 Å². The van der Waals surface area contributed by atoms with Crippen LogP contribution in [0.15, 0.2) is 42.5 Å². The summed E-state index contributed by atoms with van der Waals surface area (Å²) >= 11 is 12.3. The zero-order valence-electron chi connectivity index (χ0n) is 10.4. The molecule has 1 atom stereocenters. The molecule has 2 aromatic rings. The SMILES string of the molecule is CNC(c1ccc(Cl)c(C)c1)c1ccccc1Cl. The average molecular weight is 280 g/mol. The Kier molecular flexibility index (Phi) is 4.28. The topological polar surface area (TPSA) is 12.0 Å². The van der Waals surface area contributed by atoms with Crippen LogP contribution in [0.25, 0.3) is 0 Å². The zero-order chi connectivity index (χ0) is 13.1. The fourth-order valence-electron chi connectivity index (χ4n) is 2.06. The lowest BCUT2D eigenvalue weighted by Crippen LogP contribution is -2.18. The predicted molar refractivity (Wildman–Crippen MR) is 78.5 cm³/mol. The summed E-state index contributed by atoms with van der Waals surface area (Å²) in [7, 11) is 1.93. The van der Waals surface area contributed by atoms with Gasteiger partial charge in [-0.15, -0.1) is 0 Å². The van der Waals surface area contributed by atoms with Gasteiger partial charge in [0.05, 0.1) is 6.04 Å². The quantitative estimate of drug-likeness (QED) is 0.865. The second kappa shape index (κ2) is 5.75. The summed E-state index contributed by atoms with van der Waals surface area (Å²) in [6, 6.07) is 14.0. The number of benzene rings is 2. The molecular weight excluding hydrogens is 265 g/mol. The molecule has 18 heavy (non-hydrogen) atoms. The van der Waals surface area contributed by atoms with Gasteiger partial charge in [-0.3, -0.25) is 0 Å². The van der Waals surface area contributed by atoms with E-state index in [1.165, 1.54) is 0 Å². The molecular formula is C15H15Cl2N. The van der Waals surface area contributed by atoms with Crippen LogP contribution in [0, 0.1) is 6.92 Å². The molecule has 0 heterocycles. The van der Waals surface area contributed by atoms with Gasteiger partial charge in [-0.25, -0.2) is 0 Å². The van der Waals surface area contributed by atoms with Crippen molar-refractivity contribution in [2.24, 2.45) is 0 Å². The molecule has 0 fully saturated rings. The van der Waals surface area contributed by atoms with Gasteiger partial charge in [0, 0.05) is 10.0 Å². The predicted octanol–water partition coefficient (Wildman–Crippen LogP) is 4.61. The highest BCUT2D eigenvalue weighted by molar-refractivity contribution is 6.31. The number of nitrogens with one attached hydrogen (secondary N) is 1. The first-order valence-corrected chi connectivity index (χ1v) is 6.57. The highest BCUT2D eigenvalue weighted by atomic mass is 35.5. The van der Waals surface area contributed by atoms with Crippen molar-refractivity contribution < 1.29 is 0 Å². The van der Waals surface area contributed by atoms with Crippen LogP contribution in [0.2, 0.25) is 10.0 Å². The minimum atomic E-state index is 0.0784. The molecule has 0 saturated carbocycles. The molecule has 0 spiro atoms. The van der Waals surface area contributed by atoms with Crippen LogP contribution >= 0.6 is 23.2 Å². The third kappa shape index (κ3) is 2.69. The van der Waals surface area contributed by atoms with Crippen molar-refractivity contribution in [3.8, 4) is 0 Å². The molecule has 0 aliphatic rings. The van der Waals surface area contributed by atoms with Gasteiger partial charge in [-0.05, 0) is 42.8 Å². The largest absolute Gasteiger partial charge is 0.309 e. The normalized spacial score (nSPS) is 12.4. The van der Waals surface area contributed by atoms with Crippen LogP contribution in [0.5, 0.6) is 0 Å². The lowest BCUT2D eigenvalue weighted by Gasteiger charge is -2.19. The van der Waals surface area contributed by atoms with E-state index in [0.717, 1.165) is 26.7 Å². The fourth-order valence-corrected chi connectivity index (χ4v) is 2.42. The summed E-state index contributed by atoms with van der Waals surface area (Å²) in [5, 5.41) is 4.85. The maximum Gasteiger partial charge on any atom is 0.0589 e. The van der Waals surface area contributed by atoms with E-state index in [4.69, 9.17) is 23.2 Å². The molecule has 1 N–H and O–H groups in total. The molecule has 0 saturated heterocycles. The number of halogens is 2. The Bertz CT molecular complexity index is 552. The molecule has 0 aliphatic heterocycles. The Hall–Kier alpha value is -1.02. The van der Waals surface area contributed by atoms with Crippen LogP contribution in [0.3, 0.4) is 0 Å². The van der Waals surface area contributed by atoms with Gasteiger partial charge in [0.1, 0.15) is 0 Å². The minimum Gasteiger partial charge on any atom is -0.309 e. The standard InChI is InChI=1S/C15H15Cl2N/c1-10-9-11(7-8-13(10)16)15(18-2)12-5-3-4-6-14(12)17/h3-9,15,18H,1-2H3. The van der Waals surface area contributed by atoms with E-state index < -0.39 is 0 Å². The summed E-state index contributed by atoms with van der Waals surface area (Å²) in [6.07, 6.45) is 0. The highest BCUT2D eigenvalue weighted by Gasteiger charge is 2.15. The Balaban J connectivity index is 2.45. The van der Waals surface area contributed by atoms with Crippen LogP contribution in [-0.2, 0) is 0 Å². The first-order valence-electron chi connectivity index (χ1n) is 5.81. The number of aryl methyl sites for hydroxylation is 1. The minimum absolute atomic E-state index is 0.0784. The Morgan fingerprint density at radius 3 is 2.33 bits per heavy atom. The van der Waals surface area contributed by atoms with Gasteiger partial charge in [0.15, 0.2) is 0 Å². The molecule has 1 nitrogen and oxygen atoms in total. The molecule has 0 aromatic heterocycles. The van der Waals surface area contributed by atoms with Crippen LogP contribution in [0.1, 0.15) is 22.7 Å². The van der Waals surface area contributed by atoms with E-state index >= 15 is 0 Å². The van der Waals surface area contributed by atoms with E-state index in [2.05, 4.69) is 11.4 Å². The average Bonchev–Trinajstić information content (AvgIpc) is 2.37. The van der Waals surface area contributed by atoms with E-state index in [0.29, 0.717) is 0 Å². The number of hydrogen-bond donors (Lipinski definition) is 1. The smallest absolute Gasteiger partial charge is 0.0589 e. The maximum atomic E-state index is 6.25. The second-order valence-electron chi connectivity index (χ2n) is 4.25. The third-order valence-electron chi connectivity index (χ3n) is 3.02. The first-order chi connectivity index (χ1) is 8.63. The Morgan fingerprint density at radius 1 is 1.00 bits per heavy atom. The highest BCUT2D eigenvalue weighted by Crippen LogP contribution is 2.29. The van der Waals surface area contributed by atoms with Crippen LogP contribution < -0.4 is 5.32 Å². The van der Waals surface area contributed by atoms with Crippen molar-refractivity contribution in [3.63, 3.8) is 0 Å². The number of hydrogen-bond acceptors (Lipinski definition) is 1. The van der Waals surface area contributed by atoms with Crippen LogP contribution in [0.4, 0.5) is 0 Å². The van der Waals surface area contributed by atoms with E-state index in [1.54, 1.807) is 0 Å². The number of rotatable bonds is 3. The van der Waals surface area contributed by atoms with E-state index in [-0.39, 0.29) is 6.04 Å². The lowest BCUT2D eigenvalue weighted by atomic mass is 9.97. The summed E-state index contributed by atoms with van der Waals surface area (Å²) in [5.74, 6) is 0.